The number of aliphatic hydroxyl groups excluding tert-OH is 1. The van der Waals surface area contributed by atoms with Gasteiger partial charge in [-0.05, 0) is 61.9 Å². The number of rotatable bonds is 9. The third kappa shape index (κ3) is 6.71. The van der Waals surface area contributed by atoms with Crippen LogP contribution in [0.15, 0.2) is 60.7 Å². The van der Waals surface area contributed by atoms with Crippen molar-refractivity contribution < 1.29 is 19.4 Å². The Morgan fingerprint density at radius 1 is 1.21 bits per heavy atom. The Morgan fingerprint density at radius 2 is 2.00 bits per heavy atom. The van der Waals surface area contributed by atoms with E-state index >= 15 is 0 Å². The van der Waals surface area contributed by atoms with E-state index in [1.165, 1.54) is 11.3 Å². The summed E-state index contributed by atoms with van der Waals surface area (Å²) in [5, 5.41) is 14.1. The maximum absolute atomic E-state index is 12.5. The van der Waals surface area contributed by atoms with Crippen LogP contribution < -0.4 is 14.8 Å². The summed E-state index contributed by atoms with van der Waals surface area (Å²) in [6, 6.07) is 18.3. The summed E-state index contributed by atoms with van der Waals surface area (Å²) < 4.78 is 11.9. The molecular weight excluding hydrogens is 460 g/mol. The first kappa shape index (κ1) is 23.6. The van der Waals surface area contributed by atoms with Crippen molar-refractivity contribution in [2.24, 2.45) is 0 Å². The molecule has 3 aromatic rings. The van der Waals surface area contributed by atoms with Crippen LogP contribution in [0.3, 0.4) is 0 Å². The van der Waals surface area contributed by atoms with Crippen LogP contribution in [0, 0.1) is 6.92 Å². The first-order chi connectivity index (χ1) is 16.0. The van der Waals surface area contributed by atoms with Gasteiger partial charge in [-0.15, -0.1) is 11.3 Å². The zero-order chi connectivity index (χ0) is 23.2. The van der Waals surface area contributed by atoms with E-state index in [0.717, 1.165) is 30.1 Å². The number of ether oxygens (including phenoxy) is 2. The fourth-order valence-electron chi connectivity index (χ4n) is 3.74. The van der Waals surface area contributed by atoms with Gasteiger partial charge in [-0.1, -0.05) is 23.7 Å². The molecule has 1 aromatic heterocycles. The van der Waals surface area contributed by atoms with E-state index in [9.17, 15) is 9.90 Å². The normalized spacial score (nSPS) is 17.0. The second-order valence-corrected chi connectivity index (χ2v) is 9.79. The van der Waals surface area contributed by atoms with Crippen LogP contribution in [0.4, 0.5) is 5.69 Å². The van der Waals surface area contributed by atoms with Gasteiger partial charge in [-0.2, -0.15) is 0 Å². The molecule has 0 aliphatic carbocycles. The second kappa shape index (κ2) is 11.0. The maximum Gasteiger partial charge on any atom is 0.265 e. The molecule has 2 unspecified atom stereocenters. The van der Waals surface area contributed by atoms with Crippen molar-refractivity contribution in [1.29, 1.82) is 0 Å². The highest BCUT2D eigenvalue weighted by atomic mass is 35.5. The van der Waals surface area contributed by atoms with E-state index in [0.29, 0.717) is 27.9 Å². The van der Waals surface area contributed by atoms with E-state index in [4.69, 9.17) is 21.1 Å². The lowest BCUT2D eigenvalue weighted by Gasteiger charge is -2.21. The Labute approximate surface area is 202 Å². The molecule has 1 amide bonds. The molecule has 0 saturated carbocycles. The first-order valence-corrected chi connectivity index (χ1v) is 12.1. The van der Waals surface area contributed by atoms with Crippen LogP contribution in [-0.2, 0) is 0 Å². The van der Waals surface area contributed by atoms with Gasteiger partial charge in [-0.3, -0.25) is 9.69 Å². The monoisotopic (exact) mass is 486 g/mol. The Hall–Kier alpha value is -2.58. The van der Waals surface area contributed by atoms with Gasteiger partial charge < -0.3 is 19.9 Å². The van der Waals surface area contributed by atoms with Crippen LogP contribution in [0.25, 0.3) is 0 Å². The number of carbonyl (C=O) groups excluding carboxylic acids is 1. The van der Waals surface area contributed by atoms with E-state index in [1.54, 1.807) is 12.1 Å². The number of β-amino-alcohol motifs (C(OH)–C–C–N with tert-alkyl or cyclic N) is 1. The number of hydrogen-bond donors (Lipinski definition) is 2. The smallest absolute Gasteiger partial charge is 0.265 e. The fourth-order valence-corrected chi connectivity index (χ4v) is 4.63. The predicted octanol–water partition coefficient (Wildman–Crippen LogP) is 4.86. The number of anilines is 1. The maximum atomic E-state index is 12.5. The number of thiophene rings is 1. The molecule has 1 aliphatic heterocycles. The predicted molar refractivity (Wildman–Crippen MR) is 132 cm³/mol. The van der Waals surface area contributed by atoms with E-state index in [-0.39, 0.29) is 18.6 Å². The highest BCUT2D eigenvalue weighted by Gasteiger charge is 2.26. The number of amides is 1. The lowest BCUT2D eigenvalue weighted by Crippen LogP contribution is -2.35. The molecular formula is C25H27ClN2O4S. The third-order valence-corrected chi connectivity index (χ3v) is 6.60. The summed E-state index contributed by atoms with van der Waals surface area (Å²) in [6.45, 7) is 4.18. The van der Waals surface area contributed by atoms with E-state index in [2.05, 4.69) is 10.2 Å². The molecule has 6 nitrogen and oxygen atoms in total. The number of hydrogen-bond acceptors (Lipinski definition) is 6. The largest absolute Gasteiger partial charge is 0.489 e. The molecule has 1 fully saturated rings. The highest BCUT2D eigenvalue weighted by molar-refractivity contribution is 7.14. The fraction of sp³-hybridized carbons (Fsp3) is 0.320. The van der Waals surface area contributed by atoms with Crippen molar-refractivity contribution in [3.63, 3.8) is 0 Å². The quantitative estimate of drug-likeness (QED) is 0.452. The lowest BCUT2D eigenvalue weighted by atomic mass is 10.2. The van der Waals surface area contributed by atoms with Crippen LogP contribution in [0.2, 0.25) is 5.02 Å². The molecule has 0 bridgehead atoms. The molecule has 0 spiro atoms. The molecule has 0 radical (unpaired) electrons. The summed E-state index contributed by atoms with van der Waals surface area (Å²) in [6.07, 6.45) is 0.312. The minimum absolute atomic E-state index is 0.0797. The van der Waals surface area contributed by atoms with E-state index < -0.39 is 6.10 Å². The Morgan fingerprint density at radius 3 is 2.76 bits per heavy atom. The van der Waals surface area contributed by atoms with Crippen molar-refractivity contribution in [2.45, 2.75) is 25.6 Å². The molecule has 2 heterocycles. The number of carbonyl (C=O) groups is 1. The van der Waals surface area contributed by atoms with Crippen LogP contribution in [0.1, 0.15) is 21.0 Å². The Kier molecular flexibility index (Phi) is 7.88. The van der Waals surface area contributed by atoms with Crippen molar-refractivity contribution in [3.8, 4) is 11.5 Å². The standard InChI is InChI=1S/C25H27ClN2O4S/c1-17-6-11-24(33-17)25(30)27-22-4-2-3-5-23(22)31-16-19(29)14-28-13-12-21(15-28)32-20-9-7-18(26)8-10-20/h2-11,19,21,29H,12-16H2,1H3,(H,27,30). The molecule has 2 aromatic carbocycles. The van der Waals surface area contributed by atoms with Crippen molar-refractivity contribution >= 4 is 34.5 Å². The highest BCUT2D eigenvalue weighted by Crippen LogP contribution is 2.26. The average molecular weight is 487 g/mol. The summed E-state index contributed by atoms with van der Waals surface area (Å²) in [4.78, 5) is 16.4. The number of aryl methyl sites for hydroxylation is 1. The number of halogens is 1. The lowest BCUT2D eigenvalue weighted by molar-refractivity contribution is 0.0722. The zero-order valence-corrected chi connectivity index (χ0v) is 19.9. The van der Waals surface area contributed by atoms with Crippen LogP contribution in [-0.4, -0.2) is 54.4 Å². The number of likely N-dealkylation sites (tertiary alicyclic amines) is 1. The minimum atomic E-state index is -0.664. The molecule has 2 atom stereocenters. The Balaban J connectivity index is 1.25. The summed E-state index contributed by atoms with van der Waals surface area (Å²) in [7, 11) is 0. The zero-order valence-electron chi connectivity index (χ0n) is 18.4. The van der Waals surface area contributed by atoms with Gasteiger partial charge in [0.1, 0.15) is 30.3 Å². The molecule has 1 saturated heterocycles. The molecule has 1 aliphatic rings. The van der Waals surface area contributed by atoms with Gasteiger partial charge in [0.2, 0.25) is 0 Å². The van der Waals surface area contributed by atoms with Crippen molar-refractivity contribution in [2.75, 3.05) is 31.6 Å². The number of nitrogens with zero attached hydrogens (tertiary/aromatic N) is 1. The van der Waals surface area contributed by atoms with Gasteiger partial charge in [0, 0.05) is 29.5 Å². The van der Waals surface area contributed by atoms with Crippen molar-refractivity contribution in [1.82, 2.24) is 4.90 Å². The number of nitrogens with one attached hydrogen (secondary N) is 1. The molecule has 174 valence electrons. The molecule has 33 heavy (non-hydrogen) atoms. The summed E-state index contributed by atoms with van der Waals surface area (Å²) in [5.41, 5.74) is 0.582. The third-order valence-electron chi connectivity index (χ3n) is 5.35. The number of aliphatic hydroxyl groups is 1. The van der Waals surface area contributed by atoms with Crippen LogP contribution in [0.5, 0.6) is 11.5 Å². The van der Waals surface area contributed by atoms with Gasteiger partial charge in [0.05, 0.1) is 10.6 Å². The van der Waals surface area contributed by atoms with Crippen molar-refractivity contribution in [3.05, 3.63) is 75.4 Å². The molecule has 4 rings (SSSR count). The minimum Gasteiger partial charge on any atom is -0.489 e. The van der Waals surface area contributed by atoms with Gasteiger partial charge in [0.15, 0.2) is 0 Å². The molecule has 8 heteroatoms. The summed E-state index contributed by atoms with van der Waals surface area (Å²) in [5.74, 6) is 1.16. The number of benzene rings is 2. The number of para-hydroxylation sites is 2. The summed E-state index contributed by atoms with van der Waals surface area (Å²) >= 11 is 7.37. The van der Waals surface area contributed by atoms with Gasteiger partial charge in [0.25, 0.3) is 5.91 Å². The average Bonchev–Trinajstić information content (AvgIpc) is 3.43. The van der Waals surface area contributed by atoms with E-state index in [1.807, 2.05) is 55.5 Å². The second-order valence-electron chi connectivity index (χ2n) is 8.07. The first-order valence-electron chi connectivity index (χ1n) is 10.9. The SMILES string of the molecule is Cc1ccc(C(=O)Nc2ccccc2OCC(O)CN2CCC(Oc3ccc(Cl)cc3)C2)s1. The topological polar surface area (TPSA) is 71.0 Å². The van der Waals surface area contributed by atoms with Gasteiger partial charge in [-0.25, -0.2) is 0 Å². The Bertz CT molecular complexity index is 1070. The van der Waals surface area contributed by atoms with Gasteiger partial charge >= 0.3 is 0 Å². The van der Waals surface area contributed by atoms with Crippen LogP contribution >= 0.6 is 22.9 Å². The molecule has 2 N–H and O–H groups in total.